The van der Waals surface area contributed by atoms with Gasteiger partial charge in [0, 0.05) is 4.47 Å². The summed E-state index contributed by atoms with van der Waals surface area (Å²) < 4.78 is 13.5. The molecule has 0 N–H and O–H groups in total. The maximum Gasteiger partial charge on any atom is 0.495 e. The second-order valence-electron chi connectivity index (χ2n) is 11.2. The van der Waals surface area contributed by atoms with Crippen molar-refractivity contribution in [2.45, 2.75) is 91.3 Å². The molecule has 3 rings (SSSR count). The van der Waals surface area contributed by atoms with Gasteiger partial charge in [0.25, 0.3) is 0 Å². The first-order valence-corrected chi connectivity index (χ1v) is 11.6. The number of benzene rings is 2. The summed E-state index contributed by atoms with van der Waals surface area (Å²) in [7, 11) is -0.277. The van der Waals surface area contributed by atoms with E-state index >= 15 is 0 Å². The Morgan fingerprint density at radius 2 is 1.07 bits per heavy atom. The molecule has 2 aromatic carbocycles. The Bertz CT molecular complexity index is 844. The molecule has 0 saturated carbocycles. The van der Waals surface area contributed by atoms with Gasteiger partial charge >= 0.3 is 7.12 Å². The van der Waals surface area contributed by atoms with Gasteiger partial charge in [0.1, 0.15) is 0 Å². The predicted octanol–water partition coefficient (Wildman–Crippen LogP) is 7.03. The van der Waals surface area contributed by atoms with Crippen LogP contribution in [-0.2, 0) is 20.1 Å². The largest absolute Gasteiger partial charge is 0.495 e. The topological polar surface area (TPSA) is 18.5 Å². The molecule has 1 aliphatic rings. The molecule has 2 nitrogen and oxygen atoms in total. The highest BCUT2D eigenvalue weighted by Gasteiger charge is 2.52. The highest BCUT2D eigenvalue weighted by atomic mass is 79.9. The van der Waals surface area contributed by atoms with Crippen molar-refractivity contribution in [1.82, 2.24) is 0 Å². The van der Waals surface area contributed by atoms with Crippen molar-refractivity contribution in [3.8, 4) is 0 Å². The van der Waals surface area contributed by atoms with Crippen molar-refractivity contribution in [2.75, 3.05) is 0 Å². The van der Waals surface area contributed by atoms with Crippen molar-refractivity contribution in [3.63, 3.8) is 0 Å². The SMILES string of the molecule is CC(C)(C)c1ccccc1B1OC(C)(C)C(C)(C)O1.CC(C)(C)c1ccccc1Br. The second kappa shape index (κ2) is 8.80. The molecule has 1 saturated heterocycles. The summed E-state index contributed by atoms with van der Waals surface area (Å²) in [6.45, 7) is 21.7. The summed E-state index contributed by atoms with van der Waals surface area (Å²) in [6, 6.07) is 16.8. The van der Waals surface area contributed by atoms with E-state index in [1.165, 1.54) is 15.6 Å². The minimum atomic E-state index is -0.289. The third-order valence-corrected chi connectivity index (χ3v) is 6.65. The quantitative estimate of drug-likeness (QED) is 0.414. The average molecular weight is 473 g/mol. The average Bonchev–Trinajstić information content (AvgIpc) is 2.82. The zero-order valence-corrected chi connectivity index (χ0v) is 22.0. The lowest BCUT2D eigenvalue weighted by Gasteiger charge is -2.32. The summed E-state index contributed by atoms with van der Waals surface area (Å²) in [5.74, 6) is 0. The highest BCUT2D eigenvalue weighted by Crippen LogP contribution is 2.37. The van der Waals surface area contributed by atoms with E-state index in [1.807, 2.05) is 6.07 Å². The van der Waals surface area contributed by atoms with Crippen LogP contribution in [0.3, 0.4) is 0 Å². The molecule has 0 spiro atoms. The van der Waals surface area contributed by atoms with Crippen molar-refractivity contribution < 1.29 is 9.31 Å². The molecule has 164 valence electrons. The van der Waals surface area contributed by atoms with Crippen LogP contribution in [0.1, 0.15) is 80.4 Å². The lowest BCUT2D eigenvalue weighted by Crippen LogP contribution is -2.41. The van der Waals surface area contributed by atoms with Crippen LogP contribution >= 0.6 is 15.9 Å². The summed E-state index contributed by atoms with van der Waals surface area (Å²) in [6.07, 6.45) is 0. The number of halogens is 1. The smallest absolute Gasteiger partial charge is 0.399 e. The molecule has 1 heterocycles. The first-order chi connectivity index (χ1) is 13.6. The van der Waals surface area contributed by atoms with Gasteiger partial charge in [-0.15, -0.1) is 0 Å². The van der Waals surface area contributed by atoms with Crippen LogP contribution in [0.5, 0.6) is 0 Å². The Morgan fingerprint density at radius 3 is 1.47 bits per heavy atom. The Hall–Kier alpha value is -1.10. The molecule has 1 fully saturated rings. The van der Waals surface area contributed by atoms with Gasteiger partial charge in [-0.05, 0) is 61.2 Å². The summed E-state index contributed by atoms with van der Waals surface area (Å²) in [5, 5.41) is 0. The maximum atomic E-state index is 6.16. The van der Waals surface area contributed by atoms with Gasteiger partial charge < -0.3 is 9.31 Å². The van der Waals surface area contributed by atoms with Crippen LogP contribution in [0.2, 0.25) is 0 Å². The fourth-order valence-electron chi connectivity index (χ4n) is 3.43. The number of rotatable bonds is 1. The van der Waals surface area contributed by atoms with Crippen molar-refractivity contribution in [3.05, 3.63) is 64.1 Å². The van der Waals surface area contributed by atoms with Gasteiger partial charge in [0.15, 0.2) is 0 Å². The molecule has 0 aromatic heterocycles. The minimum absolute atomic E-state index is 0.0835. The van der Waals surface area contributed by atoms with Gasteiger partial charge in [-0.1, -0.05) is 99.9 Å². The number of hydrogen-bond donors (Lipinski definition) is 0. The lowest BCUT2D eigenvalue weighted by atomic mass is 9.70. The maximum absolute atomic E-state index is 6.16. The molecule has 2 aromatic rings. The van der Waals surface area contributed by atoms with Gasteiger partial charge in [-0.2, -0.15) is 0 Å². The second-order valence-corrected chi connectivity index (χ2v) is 12.0. The monoisotopic (exact) mass is 472 g/mol. The van der Waals surface area contributed by atoms with Crippen molar-refractivity contribution >= 4 is 28.5 Å². The fourth-order valence-corrected chi connectivity index (χ4v) is 4.30. The third-order valence-electron chi connectivity index (χ3n) is 5.96. The van der Waals surface area contributed by atoms with Gasteiger partial charge in [-0.3, -0.25) is 0 Å². The molecule has 0 unspecified atom stereocenters. The van der Waals surface area contributed by atoms with Gasteiger partial charge in [-0.25, -0.2) is 0 Å². The Balaban J connectivity index is 0.000000248. The van der Waals surface area contributed by atoms with Crippen LogP contribution in [-0.4, -0.2) is 18.3 Å². The molecule has 0 aliphatic carbocycles. The van der Waals surface area contributed by atoms with E-state index in [4.69, 9.17) is 9.31 Å². The number of hydrogen-bond acceptors (Lipinski definition) is 2. The minimum Gasteiger partial charge on any atom is -0.399 e. The van der Waals surface area contributed by atoms with E-state index in [1.54, 1.807) is 0 Å². The van der Waals surface area contributed by atoms with Crippen molar-refractivity contribution in [2.24, 2.45) is 0 Å². The molecular formula is C26H38BBrO2. The van der Waals surface area contributed by atoms with E-state index in [0.717, 1.165) is 5.46 Å². The molecule has 4 heteroatoms. The Labute approximate surface area is 193 Å². The van der Waals surface area contributed by atoms with E-state index in [9.17, 15) is 0 Å². The zero-order chi connectivity index (χ0) is 23.0. The molecule has 0 atom stereocenters. The molecule has 0 amide bonds. The van der Waals surface area contributed by atoms with Crippen LogP contribution < -0.4 is 5.46 Å². The van der Waals surface area contributed by atoms with Gasteiger partial charge in [0.05, 0.1) is 11.2 Å². The van der Waals surface area contributed by atoms with Gasteiger partial charge in [0.2, 0.25) is 0 Å². The Kier molecular flexibility index (Phi) is 7.38. The van der Waals surface area contributed by atoms with E-state index in [2.05, 4.69) is 128 Å². The van der Waals surface area contributed by atoms with Crippen LogP contribution in [0.25, 0.3) is 0 Å². The van der Waals surface area contributed by atoms with E-state index in [-0.39, 0.29) is 29.2 Å². The Morgan fingerprint density at radius 1 is 0.667 bits per heavy atom. The normalized spacial score (nSPS) is 18.0. The first kappa shape index (κ1) is 25.2. The molecule has 30 heavy (non-hydrogen) atoms. The summed E-state index contributed by atoms with van der Waals surface area (Å²) in [5.41, 5.74) is 3.54. The van der Waals surface area contributed by atoms with Crippen LogP contribution in [0.15, 0.2) is 53.0 Å². The standard InChI is InChI=1S/C16H25BO2.C10H13Br/c1-14(2,3)12-10-8-9-11-13(12)17-18-15(4,5)16(6,7)19-17;1-10(2,3)8-6-4-5-7-9(8)11/h8-11H,1-7H3;4-7H,1-3H3. The molecular weight excluding hydrogens is 435 g/mol. The fraction of sp³-hybridized carbons (Fsp3) is 0.538. The molecule has 0 radical (unpaired) electrons. The predicted molar refractivity (Wildman–Crippen MR) is 134 cm³/mol. The highest BCUT2D eigenvalue weighted by molar-refractivity contribution is 9.10. The summed E-state index contributed by atoms with van der Waals surface area (Å²) in [4.78, 5) is 0. The van der Waals surface area contributed by atoms with Crippen LogP contribution in [0, 0.1) is 0 Å². The summed E-state index contributed by atoms with van der Waals surface area (Å²) >= 11 is 3.53. The molecule has 1 aliphatic heterocycles. The van der Waals surface area contributed by atoms with E-state index < -0.39 is 0 Å². The first-order valence-electron chi connectivity index (χ1n) is 10.8. The van der Waals surface area contributed by atoms with E-state index in [0.29, 0.717) is 0 Å². The lowest BCUT2D eigenvalue weighted by molar-refractivity contribution is 0.00578. The third kappa shape index (κ3) is 5.78. The molecule has 0 bridgehead atoms. The van der Waals surface area contributed by atoms with Crippen molar-refractivity contribution in [1.29, 1.82) is 0 Å². The zero-order valence-electron chi connectivity index (χ0n) is 20.4. The van der Waals surface area contributed by atoms with Crippen LogP contribution in [0.4, 0.5) is 0 Å².